The van der Waals surface area contributed by atoms with Crippen molar-refractivity contribution in [3.05, 3.63) is 0 Å². The summed E-state index contributed by atoms with van der Waals surface area (Å²) in [5, 5.41) is 0. The predicted octanol–water partition coefficient (Wildman–Crippen LogP) is 1.21. The zero-order valence-corrected chi connectivity index (χ0v) is 7.33. The van der Waals surface area contributed by atoms with Crippen LogP contribution in [0, 0.1) is 0 Å². The van der Waals surface area contributed by atoms with Crippen molar-refractivity contribution in [1.82, 2.24) is 0 Å². The summed E-state index contributed by atoms with van der Waals surface area (Å²) in [6, 6.07) is 0. The third kappa shape index (κ3) is 1.52. The van der Waals surface area contributed by atoms with Crippen molar-refractivity contribution in [2.24, 2.45) is 0 Å². The Balaban J connectivity index is 2.00. The first-order valence-electron chi connectivity index (χ1n) is 2.35. The van der Waals surface area contributed by atoms with Gasteiger partial charge >= 0.3 is 49.8 Å². The van der Waals surface area contributed by atoms with E-state index in [2.05, 4.69) is 0 Å². The van der Waals surface area contributed by atoms with E-state index in [1.54, 1.807) is 0 Å². The molecule has 0 bridgehead atoms. The second-order valence-corrected chi connectivity index (χ2v) is 5.32. The summed E-state index contributed by atoms with van der Waals surface area (Å²) in [5.74, 6) is 0. The van der Waals surface area contributed by atoms with E-state index in [9.17, 15) is 0 Å². The minimum atomic E-state index is -0.388. The van der Waals surface area contributed by atoms with E-state index in [4.69, 9.17) is 2.85 Å². The van der Waals surface area contributed by atoms with Crippen molar-refractivity contribution in [2.75, 3.05) is 6.61 Å². The molecule has 0 amide bonds. The van der Waals surface area contributed by atoms with E-state index in [-0.39, 0.29) is 23.3 Å². The van der Waals surface area contributed by atoms with Crippen LogP contribution in [0.1, 0.15) is 12.8 Å². The molecule has 0 aromatic carbocycles. The van der Waals surface area contributed by atoms with Crippen LogP contribution in [0.5, 0.6) is 0 Å². The van der Waals surface area contributed by atoms with Crippen LogP contribution in [0.15, 0.2) is 0 Å². The first kappa shape index (κ1) is 4.98. The molecule has 2 heteroatoms. The molecule has 34 valence electrons. The van der Waals surface area contributed by atoms with Gasteiger partial charge in [0.25, 0.3) is 0 Å². The first-order valence-corrected chi connectivity index (χ1v) is 6.35. The Morgan fingerprint density at radius 2 is 2.33 bits per heavy atom. The quantitative estimate of drug-likeness (QED) is 0.588. The van der Waals surface area contributed by atoms with Crippen molar-refractivity contribution in [3.8, 4) is 0 Å². The van der Waals surface area contributed by atoms with Crippen LogP contribution in [0.2, 0.25) is 4.18 Å². The van der Waals surface area contributed by atoms with Gasteiger partial charge in [0.05, 0.1) is 0 Å². The molecule has 1 saturated heterocycles. The fourth-order valence-electron chi connectivity index (χ4n) is 0.516. The molecule has 1 heterocycles. The molecule has 1 aliphatic rings. The summed E-state index contributed by atoms with van der Waals surface area (Å²) in [5.41, 5.74) is 0. The maximum absolute atomic E-state index is 5.26. The van der Waals surface area contributed by atoms with E-state index in [0.717, 1.165) is 6.61 Å². The number of rotatable bonds is 0. The monoisotopic (exact) mass is 252 g/mol. The van der Waals surface area contributed by atoms with Crippen molar-refractivity contribution in [3.63, 3.8) is 0 Å². The number of hydrogen-bond donors (Lipinski definition) is 0. The van der Waals surface area contributed by atoms with E-state index in [1.807, 2.05) is 0 Å². The second kappa shape index (κ2) is 2.92. The molecule has 6 heavy (non-hydrogen) atoms. The molecule has 1 rings (SSSR count). The zero-order valence-electron chi connectivity index (χ0n) is 3.74. The number of hydrogen-bond acceptors (Lipinski definition) is 1. The van der Waals surface area contributed by atoms with Crippen molar-refractivity contribution in [2.45, 2.75) is 17.0 Å². The van der Waals surface area contributed by atoms with Gasteiger partial charge in [0.1, 0.15) is 0 Å². The summed E-state index contributed by atoms with van der Waals surface area (Å²) in [6.07, 6.45) is 2.79. The second-order valence-electron chi connectivity index (χ2n) is 1.45. The van der Waals surface area contributed by atoms with Crippen molar-refractivity contribution < 1.29 is 26.2 Å². The van der Waals surface area contributed by atoms with Gasteiger partial charge in [0.15, 0.2) is 0 Å². The molecule has 0 aromatic heterocycles. The summed E-state index contributed by atoms with van der Waals surface area (Å²) in [6.45, 7) is 1.09. The Labute approximate surface area is 50.0 Å². The van der Waals surface area contributed by atoms with Gasteiger partial charge in [-0.1, -0.05) is 0 Å². The van der Waals surface area contributed by atoms with E-state index >= 15 is 0 Å². The molecule has 1 nitrogen and oxygen atoms in total. The van der Waals surface area contributed by atoms with Gasteiger partial charge in [0.2, 0.25) is 0 Å². The zero-order chi connectivity index (χ0) is 4.24. The summed E-state index contributed by atoms with van der Waals surface area (Å²) < 4.78 is 6.74. The van der Waals surface area contributed by atoms with Crippen LogP contribution in [0.4, 0.5) is 0 Å². The van der Waals surface area contributed by atoms with E-state index < -0.39 is 0 Å². The first-order chi connectivity index (χ1) is 3.00. The van der Waals surface area contributed by atoms with Crippen LogP contribution in [-0.2, 0) is 26.2 Å². The molecule has 1 aliphatic heterocycles. The molecule has 0 radical (unpaired) electrons. The van der Waals surface area contributed by atoms with Crippen LogP contribution in [0.3, 0.4) is 0 Å². The Morgan fingerprint density at radius 1 is 1.33 bits per heavy atom. The molecule has 0 aromatic rings. The molecule has 0 spiro atoms. The van der Waals surface area contributed by atoms with Crippen LogP contribution >= 0.6 is 0 Å². The fraction of sp³-hybridized carbons (Fsp3) is 1.00. The third-order valence-electron chi connectivity index (χ3n) is 0.877. The molecule has 1 fully saturated rings. The van der Waals surface area contributed by atoms with Crippen LogP contribution < -0.4 is 0 Å². The molecule has 0 saturated carbocycles. The standard InChI is InChI=1S/C4H8O.Hf/c1-2-3-4-5;/h1-4H2;/q-1;+1. The summed E-state index contributed by atoms with van der Waals surface area (Å²) in [4.78, 5) is 0. The molecular weight excluding hydrogens is 243 g/mol. The fourth-order valence-corrected chi connectivity index (χ4v) is 3.49. The average molecular weight is 251 g/mol. The van der Waals surface area contributed by atoms with Gasteiger partial charge in [-0.15, -0.1) is 0 Å². The normalized spacial score (nSPS) is 22.7. The predicted molar refractivity (Wildman–Crippen MR) is 20.0 cm³/mol. The Kier molecular flexibility index (Phi) is 2.42. The van der Waals surface area contributed by atoms with Gasteiger partial charge in [-0.25, -0.2) is 0 Å². The van der Waals surface area contributed by atoms with Crippen molar-refractivity contribution >= 4 is 0 Å². The summed E-state index contributed by atoms with van der Waals surface area (Å²) in [7, 11) is 0. The Hall–Kier alpha value is 0.830. The Morgan fingerprint density at radius 3 is 2.50 bits per heavy atom. The average Bonchev–Trinajstić information content (AvgIpc) is 1.72. The van der Waals surface area contributed by atoms with Gasteiger partial charge in [0, 0.05) is 0 Å². The molecular formula is C4H8HfO. The minimum absolute atomic E-state index is 0.388. The van der Waals surface area contributed by atoms with Gasteiger partial charge in [-0.3, -0.25) is 0 Å². The van der Waals surface area contributed by atoms with E-state index in [0.29, 0.717) is 0 Å². The third-order valence-corrected chi connectivity index (χ3v) is 4.35. The molecule has 0 atom stereocenters. The van der Waals surface area contributed by atoms with Gasteiger partial charge in [-0.2, -0.15) is 0 Å². The molecule has 0 N–H and O–H groups in total. The van der Waals surface area contributed by atoms with Crippen molar-refractivity contribution in [1.29, 1.82) is 0 Å². The Bertz CT molecular complexity index is 23.0. The van der Waals surface area contributed by atoms with Gasteiger partial charge < -0.3 is 0 Å². The summed E-state index contributed by atoms with van der Waals surface area (Å²) >= 11 is -0.388. The molecule has 0 aliphatic carbocycles. The topological polar surface area (TPSA) is 9.23 Å². The van der Waals surface area contributed by atoms with Crippen LogP contribution in [0.25, 0.3) is 0 Å². The maximum atomic E-state index is 5.26. The van der Waals surface area contributed by atoms with E-state index in [1.165, 1.54) is 17.0 Å². The SMILES string of the molecule is C1C[CH2][Hf][O]C1. The van der Waals surface area contributed by atoms with Crippen LogP contribution in [-0.4, -0.2) is 6.61 Å². The van der Waals surface area contributed by atoms with Gasteiger partial charge in [-0.05, 0) is 0 Å². The molecule has 0 unspecified atom stereocenters.